The van der Waals surface area contributed by atoms with Crippen molar-refractivity contribution in [3.8, 4) is 0 Å². The van der Waals surface area contributed by atoms with Crippen LogP contribution in [0.4, 0.5) is 0 Å². The second kappa shape index (κ2) is 3.07. The fourth-order valence-corrected chi connectivity index (χ4v) is 1.42. The van der Waals surface area contributed by atoms with Crippen molar-refractivity contribution < 1.29 is 0 Å². The molecule has 2 aliphatic rings. The molecule has 1 saturated carbocycles. The van der Waals surface area contributed by atoms with E-state index in [1.54, 1.807) is 0 Å². The number of hydrogen-bond donors (Lipinski definition) is 1. The largest absolute Gasteiger partial charge is 0.325 e. The Morgan fingerprint density at radius 2 is 1.90 bits per heavy atom. The van der Waals surface area contributed by atoms with Gasteiger partial charge in [0.15, 0.2) is 0 Å². The van der Waals surface area contributed by atoms with Gasteiger partial charge in [0.25, 0.3) is 0 Å². The highest BCUT2D eigenvalue weighted by molar-refractivity contribution is 5.85. The van der Waals surface area contributed by atoms with Crippen LogP contribution in [0.1, 0.15) is 12.8 Å². The quantitative estimate of drug-likeness (QED) is 0.640. The minimum atomic E-state index is 0. The topological polar surface area (TPSA) is 29.3 Å². The third-order valence-electron chi connectivity index (χ3n) is 2.20. The molecule has 2 N–H and O–H groups in total. The summed E-state index contributed by atoms with van der Waals surface area (Å²) in [7, 11) is 0. The van der Waals surface area contributed by atoms with E-state index in [2.05, 4.69) is 4.90 Å². The van der Waals surface area contributed by atoms with Crippen LogP contribution in [-0.4, -0.2) is 30.6 Å². The molecule has 1 aliphatic heterocycles. The number of hydrogen-bond acceptors (Lipinski definition) is 2. The molecule has 10 heavy (non-hydrogen) atoms. The van der Waals surface area contributed by atoms with Crippen molar-refractivity contribution in [1.29, 1.82) is 0 Å². The summed E-state index contributed by atoms with van der Waals surface area (Å²) in [6, 6.07) is 0.490. The zero-order valence-electron chi connectivity index (χ0n) is 6.12. The number of likely N-dealkylation sites (tertiary alicyclic amines) is 1. The highest BCUT2D eigenvalue weighted by atomic mass is 35.5. The predicted molar refractivity (Wildman–Crippen MR) is 44.4 cm³/mol. The van der Waals surface area contributed by atoms with Gasteiger partial charge in [-0.05, 0) is 18.8 Å². The predicted octanol–water partition coefficient (Wildman–Crippen LogP) is 0.461. The van der Waals surface area contributed by atoms with Gasteiger partial charge in [-0.1, -0.05) is 0 Å². The lowest BCUT2D eigenvalue weighted by Crippen LogP contribution is -2.56. The normalized spacial score (nSPS) is 27.3. The van der Waals surface area contributed by atoms with Crippen LogP contribution in [0.3, 0.4) is 0 Å². The molecular weight excluding hydrogens is 148 g/mol. The molecule has 1 aliphatic carbocycles. The average molecular weight is 163 g/mol. The lowest BCUT2D eigenvalue weighted by molar-refractivity contribution is 0.144. The molecule has 1 heterocycles. The van der Waals surface area contributed by atoms with E-state index < -0.39 is 0 Å². The maximum Gasteiger partial charge on any atom is 0.0297 e. The lowest BCUT2D eigenvalue weighted by Gasteiger charge is -2.36. The molecule has 0 radical (unpaired) electrons. The molecule has 1 saturated heterocycles. The maximum absolute atomic E-state index is 5.62. The van der Waals surface area contributed by atoms with Gasteiger partial charge in [-0.2, -0.15) is 0 Å². The Balaban J connectivity index is 0.000000500. The van der Waals surface area contributed by atoms with E-state index in [0.717, 1.165) is 19.0 Å². The number of nitrogens with two attached hydrogens (primary N) is 1. The molecule has 0 amide bonds. The third-order valence-corrected chi connectivity index (χ3v) is 2.20. The van der Waals surface area contributed by atoms with Crippen molar-refractivity contribution in [1.82, 2.24) is 4.90 Å². The van der Waals surface area contributed by atoms with E-state index in [1.807, 2.05) is 0 Å². The first-order valence-corrected chi connectivity index (χ1v) is 3.82. The zero-order chi connectivity index (χ0) is 6.27. The monoisotopic (exact) mass is 162 g/mol. The molecule has 0 aromatic carbocycles. The third kappa shape index (κ3) is 1.84. The van der Waals surface area contributed by atoms with Gasteiger partial charge in [-0.25, -0.2) is 0 Å². The highest BCUT2D eigenvalue weighted by Crippen LogP contribution is 2.30. The van der Waals surface area contributed by atoms with Crippen LogP contribution in [-0.2, 0) is 0 Å². The Labute approximate surface area is 68.2 Å². The van der Waals surface area contributed by atoms with E-state index in [1.165, 1.54) is 19.4 Å². The summed E-state index contributed by atoms with van der Waals surface area (Å²) in [5.74, 6) is 1.04. The molecule has 0 aromatic rings. The van der Waals surface area contributed by atoms with E-state index in [-0.39, 0.29) is 12.4 Å². The SMILES string of the molecule is Cl.NC1CN(CC2CC2)C1. The fourth-order valence-electron chi connectivity index (χ4n) is 1.42. The smallest absolute Gasteiger partial charge is 0.0297 e. The van der Waals surface area contributed by atoms with Crippen LogP contribution in [0.25, 0.3) is 0 Å². The Bertz CT molecular complexity index is 108. The molecule has 3 heteroatoms. The fraction of sp³-hybridized carbons (Fsp3) is 1.00. The van der Waals surface area contributed by atoms with Gasteiger partial charge in [-0.15, -0.1) is 12.4 Å². The van der Waals surface area contributed by atoms with Gasteiger partial charge in [0.1, 0.15) is 0 Å². The van der Waals surface area contributed by atoms with Crippen LogP contribution < -0.4 is 5.73 Å². The second-order valence-corrected chi connectivity index (χ2v) is 3.42. The van der Waals surface area contributed by atoms with Crippen molar-refractivity contribution in [2.45, 2.75) is 18.9 Å². The Morgan fingerprint density at radius 3 is 2.30 bits per heavy atom. The maximum atomic E-state index is 5.62. The standard InChI is InChI=1S/C7H14N2.ClH/c8-7-4-9(5-7)3-6-1-2-6;/h6-7H,1-5,8H2;1H. The lowest BCUT2D eigenvalue weighted by atomic mass is 10.1. The summed E-state index contributed by atoms with van der Waals surface area (Å²) in [5, 5.41) is 0. The first-order chi connectivity index (χ1) is 4.34. The van der Waals surface area contributed by atoms with Crippen LogP contribution in [0, 0.1) is 5.92 Å². The van der Waals surface area contributed by atoms with Gasteiger partial charge in [0.05, 0.1) is 0 Å². The molecule has 2 rings (SSSR count). The van der Waals surface area contributed by atoms with Crippen LogP contribution in [0.2, 0.25) is 0 Å². The van der Waals surface area contributed by atoms with Crippen molar-refractivity contribution in [2.24, 2.45) is 11.7 Å². The van der Waals surface area contributed by atoms with E-state index >= 15 is 0 Å². The summed E-state index contributed by atoms with van der Waals surface area (Å²) in [6.07, 6.45) is 2.93. The van der Waals surface area contributed by atoms with E-state index in [9.17, 15) is 0 Å². The molecule has 0 bridgehead atoms. The molecule has 2 nitrogen and oxygen atoms in total. The van der Waals surface area contributed by atoms with Gasteiger partial charge >= 0.3 is 0 Å². The summed E-state index contributed by atoms with van der Waals surface area (Å²) < 4.78 is 0. The number of nitrogens with zero attached hydrogens (tertiary/aromatic N) is 1. The van der Waals surface area contributed by atoms with Crippen molar-refractivity contribution >= 4 is 12.4 Å². The van der Waals surface area contributed by atoms with Crippen LogP contribution in [0.15, 0.2) is 0 Å². The van der Waals surface area contributed by atoms with Gasteiger partial charge < -0.3 is 5.73 Å². The minimum Gasteiger partial charge on any atom is -0.325 e. The Kier molecular flexibility index (Phi) is 2.55. The summed E-state index contributed by atoms with van der Waals surface area (Å²) in [5.41, 5.74) is 5.62. The van der Waals surface area contributed by atoms with Crippen molar-refractivity contribution in [3.63, 3.8) is 0 Å². The molecule has 0 atom stereocenters. The van der Waals surface area contributed by atoms with E-state index in [4.69, 9.17) is 5.73 Å². The minimum absolute atomic E-state index is 0. The number of rotatable bonds is 2. The highest BCUT2D eigenvalue weighted by Gasteiger charge is 2.29. The van der Waals surface area contributed by atoms with Crippen LogP contribution in [0.5, 0.6) is 0 Å². The van der Waals surface area contributed by atoms with Crippen molar-refractivity contribution in [2.75, 3.05) is 19.6 Å². The molecular formula is C7H15ClN2. The Morgan fingerprint density at radius 1 is 1.30 bits per heavy atom. The van der Waals surface area contributed by atoms with Gasteiger partial charge in [0.2, 0.25) is 0 Å². The molecule has 0 unspecified atom stereocenters. The Hall–Kier alpha value is 0.210. The number of halogens is 1. The first kappa shape index (κ1) is 8.31. The van der Waals surface area contributed by atoms with E-state index in [0.29, 0.717) is 6.04 Å². The zero-order valence-corrected chi connectivity index (χ0v) is 6.94. The summed E-state index contributed by atoms with van der Waals surface area (Å²) >= 11 is 0. The molecule has 60 valence electrons. The van der Waals surface area contributed by atoms with Gasteiger partial charge in [0, 0.05) is 25.7 Å². The first-order valence-electron chi connectivity index (χ1n) is 3.82. The van der Waals surface area contributed by atoms with Gasteiger partial charge in [-0.3, -0.25) is 4.90 Å². The molecule has 2 fully saturated rings. The van der Waals surface area contributed by atoms with Crippen molar-refractivity contribution in [3.05, 3.63) is 0 Å². The van der Waals surface area contributed by atoms with Crippen LogP contribution >= 0.6 is 12.4 Å². The average Bonchev–Trinajstić information content (AvgIpc) is 2.45. The molecule has 0 spiro atoms. The summed E-state index contributed by atoms with van der Waals surface area (Å²) in [6.45, 7) is 3.63. The molecule has 0 aromatic heterocycles. The second-order valence-electron chi connectivity index (χ2n) is 3.42. The summed E-state index contributed by atoms with van der Waals surface area (Å²) in [4.78, 5) is 2.46.